The van der Waals surface area contributed by atoms with Crippen molar-refractivity contribution >= 4 is 28.4 Å². The summed E-state index contributed by atoms with van der Waals surface area (Å²) in [5.41, 5.74) is 15.2. The number of nitro benzene ring substituents is 1. The van der Waals surface area contributed by atoms with Gasteiger partial charge in [-0.3, -0.25) is 10.1 Å². The fraction of sp³-hybridized carbons (Fsp3) is 0.0769. The number of nitrogens with zero attached hydrogens (tertiary/aromatic N) is 1. The highest BCUT2D eigenvalue weighted by Gasteiger charge is 2.05. The quantitative estimate of drug-likeness (QED) is 0.445. The van der Waals surface area contributed by atoms with Gasteiger partial charge in [0.15, 0.2) is 0 Å². The molecule has 6 heteroatoms. The number of nitrogens with one attached hydrogen (secondary N) is 1. The molecule has 0 saturated heterocycles. The number of nitrogens with two attached hydrogens (primary N) is 2. The number of rotatable bonds is 3. The Balaban J connectivity index is 2.24. The van der Waals surface area contributed by atoms with Crippen LogP contribution < -0.4 is 16.8 Å². The maximum atomic E-state index is 10.5. The van der Waals surface area contributed by atoms with E-state index in [9.17, 15) is 10.1 Å². The highest BCUT2D eigenvalue weighted by atomic mass is 16.6. The molecule has 98 valence electrons. The van der Waals surface area contributed by atoms with Gasteiger partial charge in [0.2, 0.25) is 0 Å². The largest absolute Gasteiger partial charge is 0.398 e. The SMILES string of the molecule is Cc1c(N)cc(Nc2ccc([N+](=O)[O-])cc2)cc1N. The molecule has 0 spiro atoms. The van der Waals surface area contributed by atoms with Crippen molar-refractivity contribution in [2.45, 2.75) is 6.92 Å². The van der Waals surface area contributed by atoms with Crippen LogP contribution in [-0.4, -0.2) is 4.92 Å². The second kappa shape index (κ2) is 4.85. The molecule has 0 unspecified atom stereocenters. The van der Waals surface area contributed by atoms with Gasteiger partial charge in [-0.2, -0.15) is 0 Å². The first kappa shape index (κ1) is 12.7. The lowest BCUT2D eigenvalue weighted by Gasteiger charge is -2.10. The first-order valence-corrected chi connectivity index (χ1v) is 5.64. The third-order valence-corrected chi connectivity index (χ3v) is 2.85. The standard InChI is InChI=1S/C13H14N4O2/c1-8-12(14)6-10(7-13(8)15)16-9-2-4-11(5-3-9)17(18)19/h2-7,16H,14-15H2,1H3. The van der Waals surface area contributed by atoms with Crippen LogP contribution in [0.5, 0.6) is 0 Å². The molecule has 2 aromatic carbocycles. The minimum atomic E-state index is -0.439. The van der Waals surface area contributed by atoms with Crippen LogP contribution in [0.1, 0.15) is 5.56 Å². The summed E-state index contributed by atoms with van der Waals surface area (Å²) in [5.74, 6) is 0. The third kappa shape index (κ3) is 2.74. The normalized spacial score (nSPS) is 10.2. The van der Waals surface area contributed by atoms with Crippen LogP contribution in [0.25, 0.3) is 0 Å². The van der Waals surface area contributed by atoms with Gasteiger partial charge in [0, 0.05) is 34.9 Å². The highest BCUT2D eigenvalue weighted by Crippen LogP contribution is 2.27. The Kier molecular flexibility index (Phi) is 3.24. The first-order valence-electron chi connectivity index (χ1n) is 5.64. The van der Waals surface area contributed by atoms with Crippen molar-refractivity contribution in [3.05, 3.63) is 52.1 Å². The summed E-state index contributed by atoms with van der Waals surface area (Å²) in [4.78, 5) is 10.1. The summed E-state index contributed by atoms with van der Waals surface area (Å²) >= 11 is 0. The van der Waals surface area contributed by atoms with Crippen LogP contribution in [0.3, 0.4) is 0 Å². The molecule has 2 rings (SSSR count). The zero-order valence-electron chi connectivity index (χ0n) is 10.4. The lowest BCUT2D eigenvalue weighted by molar-refractivity contribution is -0.384. The number of nitro groups is 1. The van der Waals surface area contributed by atoms with Crippen molar-refractivity contribution in [3.8, 4) is 0 Å². The van der Waals surface area contributed by atoms with Gasteiger partial charge >= 0.3 is 0 Å². The summed E-state index contributed by atoms with van der Waals surface area (Å²) < 4.78 is 0. The topological polar surface area (TPSA) is 107 Å². The maximum absolute atomic E-state index is 10.5. The minimum absolute atomic E-state index is 0.0495. The second-order valence-electron chi connectivity index (χ2n) is 4.21. The highest BCUT2D eigenvalue weighted by molar-refractivity contribution is 5.73. The monoisotopic (exact) mass is 258 g/mol. The molecule has 0 fully saturated rings. The first-order chi connectivity index (χ1) is 8.97. The average molecular weight is 258 g/mol. The molecule has 6 nitrogen and oxygen atoms in total. The Morgan fingerprint density at radius 2 is 1.58 bits per heavy atom. The van der Waals surface area contributed by atoms with E-state index in [1.807, 2.05) is 6.92 Å². The Labute approximate surface area is 110 Å². The molecule has 0 amide bonds. The summed E-state index contributed by atoms with van der Waals surface area (Å²) in [6.07, 6.45) is 0. The number of non-ortho nitro benzene ring substituents is 1. The van der Waals surface area contributed by atoms with E-state index >= 15 is 0 Å². The number of nitrogen functional groups attached to an aromatic ring is 2. The van der Waals surface area contributed by atoms with E-state index in [-0.39, 0.29) is 5.69 Å². The zero-order valence-corrected chi connectivity index (χ0v) is 10.4. The second-order valence-corrected chi connectivity index (χ2v) is 4.21. The van der Waals surface area contributed by atoms with Crippen molar-refractivity contribution in [1.82, 2.24) is 0 Å². The van der Waals surface area contributed by atoms with E-state index in [1.54, 1.807) is 24.3 Å². The van der Waals surface area contributed by atoms with Gasteiger partial charge in [0.05, 0.1) is 4.92 Å². The van der Waals surface area contributed by atoms with Gasteiger partial charge in [-0.25, -0.2) is 0 Å². The van der Waals surface area contributed by atoms with Gasteiger partial charge in [0.1, 0.15) is 0 Å². The predicted molar refractivity (Wildman–Crippen MR) is 76.4 cm³/mol. The van der Waals surface area contributed by atoms with Crippen molar-refractivity contribution in [2.75, 3.05) is 16.8 Å². The summed E-state index contributed by atoms with van der Waals surface area (Å²) in [6, 6.07) is 9.67. The van der Waals surface area contributed by atoms with E-state index in [1.165, 1.54) is 12.1 Å². The van der Waals surface area contributed by atoms with E-state index in [2.05, 4.69) is 5.32 Å². The molecule has 0 bridgehead atoms. The average Bonchev–Trinajstić information content (AvgIpc) is 2.36. The van der Waals surface area contributed by atoms with Crippen LogP contribution in [-0.2, 0) is 0 Å². The lowest BCUT2D eigenvalue weighted by atomic mass is 10.1. The van der Waals surface area contributed by atoms with E-state index in [4.69, 9.17) is 11.5 Å². The third-order valence-electron chi connectivity index (χ3n) is 2.85. The molecule has 0 saturated carbocycles. The molecule has 0 heterocycles. The van der Waals surface area contributed by atoms with Crippen molar-refractivity contribution in [1.29, 1.82) is 0 Å². The molecule has 0 aromatic heterocycles. The molecule has 5 N–H and O–H groups in total. The van der Waals surface area contributed by atoms with Gasteiger partial charge in [-0.05, 0) is 36.8 Å². The van der Waals surface area contributed by atoms with Crippen molar-refractivity contribution in [3.63, 3.8) is 0 Å². The summed E-state index contributed by atoms with van der Waals surface area (Å²) in [6.45, 7) is 1.85. The minimum Gasteiger partial charge on any atom is -0.398 e. The van der Waals surface area contributed by atoms with Gasteiger partial charge < -0.3 is 16.8 Å². The van der Waals surface area contributed by atoms with Crippen LogP contribution in [0, 0.1) is 17.0 Å². The number of anilines is 4. The van der Waals surface area contributed by atoms with Gasteiger partial charge in [-0.1, -0.05) is 0 Å². The molecule has 0 atom stereocenters. The number of hydrogen-bond acceptors (Lipinski definition) is 5. The Morgan fingerprint density at radius 3 is 2.05 bits per heavy atom. The van der Waals surface area contributed by atoms with Crippen LogP contribution >= 0.6 is 0 Å². The molecular weight excluding hydrogens is 244 g/mol. The predicted octanol–water partition coefficient (Wildman–Crippen LogP) is 2.81. The van der Waals surface area contributed by atoms with Crippen molar-refractivity contribution < 1.29 is 4.92 Å². The molecule has 0 aliphatic rings. The van der Waals surface area contributed by atoms with Crippen molar-refractivity contribution in [2.24, 2.45) is 0 Å². The van der Waals surface area contributed by atoms with Gasteiger partial charge in [-0.15, -0.1) is 0 Å². The van der Waals surface area contributed by atoms with Crippen LogP contribution in [0.4, 0.5) is 28.4 Å². The Morgan fingerprint density at radius 1 is 1.05 bits per heavy atom. The maximum Gasteiger partial charge on any atom is 0.269 e. The molecule has 0 radical (unpaired) electrons. The number of hydrogen-bond donors (Lipinski definition) is 3. The molecule has 0 aliphatic carbocycles. The van der Waals surface area contributed by atoms with Crippen LogP contribution in [0.15, 0.2) is 36.4 Å². The van der Waals surface area contributed by atoms with E-state index in [0.29, 0.717) is 11.4 Å². The molecular formula is C13H14N4O2. The van der Waals surface area contributed by atoms with E-state index in [0.717, 1.165) is 16.9 Å². The Bertz CT molecular complexity index is 600. The fourth-order valence-electron chi connectivity index (χ4n) is 1.67. The Hall–Kier alpha value is -2.76. The van der Waals surface area contributed by atoms with E-state index < -0.39 is 4.92 Å². The zero-order chi connectivity index (χ0) is 14.0. The van der Waals surface area contributed by atoms with Crippen LogP contribution in [0.2, 0.25) is 0 Å². The summed E-state index contributed by atoms with van der Waals surface area (Å²) in [7, 11) is 0. The number of benzene rings is 2. The molecule has 2 aromatic rings. The van der Waals surface area contributed by atoms with Gasteiger partial charge in [0.25, 0.3) is 5.69 Å². The summed E-state index contributed by atoms with van der Waals surface area (Å²) in [5, 5.41) is 13.6. The molecule has 0 aliphatic heterocycles. The molecule has 19 heavy (non-hydrogen) atoms. The lowest BCUT2D eigenvalue weighted by Crippen LogP contribution is -1.99. The fourth-order valence-corrected chi connectivity index (χ4v) is 1.67. The smallest absolute Gasteiger partial charge is 0.269 e.